The molecule has 0 unspecified atom stereocenters. The summed E-state index contributed by atoms with van der Waals surface area (Å²) < 4.78 is 211. The third kappa shape index (κ3) is 3.62. The van der Waals surface area contributed by atoms with Crippen LogP contribution in [0.4, 0.5) is 0 Å². The van der Waals surface area contributed by atoms with Gasteiger partial charge in [0.25, 0.3) is 0 Å². The maximum atomic E-state index is 9.69. The van der Waals surface area contributed by atoms with Crippen LogP contribution in [0, 0.1) is 0 Å². The second kappa shape index (κ2) is 9.29. The highest BCUT2D eigenvalue weighted by molar-refractivity contribution is 6.27. The van der Waals surface area contributed by atoms with Gasteiger partial charge in [-0.2, -0.15) is 0 Å². The Kier molecular flexibility index (Phi) is 2.32. The summed E-state index contributed by atoms with van der Waals surface area (Å²) in [5.41, 5.74) is -2.68. The maximum absolute atomic E-state index is 9.69. The SMILES string of the molecule is [2H]c1c([2H])c([2H])c(-c2c([2H])c([2H])c3c([2H])c([2H])c4c(-c5c([2H])c([2H])c([2H])c(-c6ccc7c(c6)-c6c([2H])c([2H])c([2H])c8c([2H])c([2H])c([2H])c(c68)O7)c5[2H])c([2H])c([2H])c5c([2H])c([2H])c2c3c54)c([2H])c1[2H]. The van der Waals surface area contributed by atoms with Gasteiger partial charge in [-0.05, 0) is 101 Å². The van der Waals surface area contributed by atoms with Crippen LogP contribution in [0.25, 0.3) is 87.6 Å². The average Bonchev–Trinajstić information content (AvgIpc) is 3.30. The van der Waals surface area contributed by atoms with Crippen molar-refractivity contribution in [3.8, 4) is 56.0 Å². The minimum atomic E-state index is -0.827. The molecule has 45 heavy (non-hydrogen) atoms. The Labute approximate surface area is 293 Å². The summed E-state index contributed by atoms with van der Waals surface area (Å²) in [5.74, 6) is -0.239. The van der Waals surface area contributed by atoms with E-state index in [1.807, 2.05) is 0 Å². The van der Waals surface area contributed by atoms with Gasteiger partial charge in [-0.25, -0.2) is 0 Å². The molecule has 1 aliphatic rings. The zero-order chi connectivity index (χ0) is 49.5. The Morgan fingerprint density at radius 1 is 0.378 bits per heavy atom. The van der Waals surface area contributed by atoms with E-state index < -0.39 is 183 Å². The van der Waals surface area contributed by atoms with Crippen LogP contribution < -0.4 is 4.74 Å². The second-order valence-electron chi connectivity index (χ2n) is 10.3. The summed E-state index contributed by atoms with van der Waals surface area (Å²) in [6.07, 6.45) is 0. The lowest BCUT2D eigenvalue weighted by Crippen LogP contribution is -1.97. The van der Waals surface area contributed by atoms with Gasteiger partial charge in [-0.1, -0.05) is 133 Å². The molecule has 1 aliphatic heterocycles. The molecule has 0 spiro atoms. The molecule has 0 N–H and O–H groups in total. The van der Waals surface area contributed by atoms with Gasteiger partial charge in [-0.15, -0.1) is 0 Å². The third-order valence-electron chi connectivity index (χ3n) is 7.84. The van der Waals surface area contributed by atoms with Crippen molar-refractivity contribution in [2.24, 2.45) is 0 Å². The van der Waals surface area contributed by atoms with Crippen molar-refractivity contribution < 1.29 is 36.3 Å². The first-order valence-electron chi connectivity index (χ1n) is 25.1. The molecule has 208 valence electrons. The molecule has 0 saturated carbocycles. The van der Waals surface area contributed by atoms with E-state index in [0.717, 1.165) is 0 Å². The van der Waals surface area contributed by atoms with Crippen LogP contribution in [0.3, 0.4) is 0 Å². The Balaban J connectivity index is 1.34. The van der Waals surface area contributed by atoms with E-state index in [0.29, 0.717) is 0 Å². The fourth-order valence-electron chi connectivity index (χ4n) is 5.85. The molecule has 0 aromatic heterocycles. The van der Waals surface area contributed by atoms with Crippen molar-refractivity contribution in [2.45, 2.75) is 0 Å². The lowest BCUT2D eigenvalue weighted by Gasteiger charge is -2.22. The molecule has 0 bridgehead atoms. The van der Waals surface area contributed by atoms with E-state index in [4.69, 9.17) is 25.3 Å². The smallest absolute Gasteiger partial charge is 0.135 e. The Morgan fingerprint density at radius 2 is 1.00 bits per heavy atom. The van der Waals surface area contributed by atoms with Crippen LogP contribution in [0.5, 0.6) is 11.5 Å². The minimum absolute atomic E-state index is 0.00580. The first-order valence-corrected chi connectivity index (χ1v) is 13.6. The summed E-state index contributed by atoms with van der Waals surface area (Å²) in [5, 5.41) is -2.68. The summed E-state index contributed by atoms with van der Waals surface area (Å²) in [4.78, 5) is 0. The van der Waals surface area contributed by atoms with Gasteiger partial charge in [0.2, 0.25) is 0 Å². The number of fused-ring (bicyclic) bond motifs is 2. The Bertz CT molecular complexity index is 3880. The second-order valence-corrected chi connectivity index (χ2v) is 10.3. The van der Waals surface area contributed by atoms with E-state index >= 15 is 0 Å². The topological polar surface area (TPSA) is 9.23 Å². The van der Waals surface area contributed by atoms with E-state index in [9.17, 15) is 11.0 Å². The molecular weight excluding hydrogens is 544 g/mol. The first kappa shape index (κ1) is 11.2. The summed E-state index contributed by atoms with van der Waals surface area (Å²) in [6, 6.07) is -12.5. The zero-order valence-electron chi connectivity index (χ0n) is 45.6. The quantitative estimate of drug-likeness (QED) is 0.185. The fourth-order valence-corrected chi connectivity index (χ4v) is 5.85. The predicted octanol–water partition coefficient (Wildman–Crippen LogP) is 12.5. The molecular formula is C44H26O. The van der Waals surface area contributed by atoms with Gasteiger partial charge in [-0.3, -0.25) is 0 Å². The van der Waals surface area contributed by atoms with Crippen LogP contribution >= 0.6 is 0 Å². The number of ether oxygens (including phenoxy) is 1. The highest BCUT2D eigenvalue weighted by atomic mass is 16.5. The molecule has 0 fully saturated rings. The molecule has 0 radical (unpaired) electrons. The molecule has 0 saturated heterocycles. The van der Waals surface area contributed by atoms with Crippen molar-refractivity contribution in [1.29, 1.82) is 0 Å². The largest absolute Gasteiger partial charge is 0.456 e. The molecule has 10 rings (SSSR count). The number of hydrogen-bond acceptors (Lipinski definition) is 1. The van der Waals surface area contributed by atoms with Gasteiger partial charge in [0.1, 0.15) is 11.5 Å². The van der Waals surface area contributed by atoms with Crippen molar-refractivity contribution in [1.82, 2.24) is 0 Å². The Morgan fingerprint density at radius 3 is 1.78 bits per heavy atom. The highest BCUT2D eigenvalue weighted by Gasteiger charge is 2.21. The molecule has 9 aromatic carbocycles. The Hall–Kier alpha value is -5.92. The molecule has 9 aromatic rings. The van der Waals surface area contributed by atoms with Crippen LogP contribution in [0.15, 0.2) is 157 Å². The number of benzene rings is 9. The van der Waals surface area contributed by atoms with Crippen molar-refractivity contribution in [3.05, 3.63) is 157 Å². The van der Waals surface area contributed by atoms with Crippen LogP contribution in [0.1, 0.15) is 31.5 Å². The zero-order valence-corrected chi connectivity index (χ0v) is 22.6. The van der Waals surface area contributed by atoms with Gasteiger partial charge in [0, 0.05) is 10.9 Å². The fraction of sp³-hybridized carbons (Fsp3) is 0. The number of hydrogen-bond donors (Lipinski definition) is 0. The van der Waals surface area contributed by atoms with Crippen LogP contribution in [-0.4, -0.2) is 0 Å². The maximum Gasteiger partial charge on any atom is 0.135 e. The van der Waals surface area contributed by atoms with Gasteiger partial charge < -0.3 is 4.74 Å². The lowest BCUT2D eigenvalue weighted by molar-refractivity contribution is 0.487. The monoisotopic (exact) mass is 593 g/mol. The molecule has 0 amide bonds. The average molecular weight is 594 g/mol. The lowest BCUT2D eigenvalue weighted by atomic mass is 9.87. The molecule has 0 aliphatic carbocycles. The molecule has 1 nitrogen and oxygen atoms in total. The third-order valence-corrected chi connectivity index (χ3v) is 7.84. The summed E-state index contributed by atoms with van der Waals surface area (Å²) in [7, 11) is 0. The van der Waals surface area contributed by atoms with Gasteiger partial charge in [0.05, 0.1) is 31.5 Å². The molecule has 0 atom stereocenters. The van der Waals surface area contributed by atoms with Crippen molar-refractivity contribution in [3.63, 3.8) is 0 Å². The van der Waals surface area contributed by atoms with Crippen LogP contribution in [0.2, 0.25) is 0 Å². The predicted molar refractivity (Wildman–Crippen MR) is 189 cm³/mol. The van der Waals surface area contributed by atoms with E-state index in [1.165, 1.54) is 18.2 Å². The van der Waals surface area contributed by atoms with E-state index in [1.54, 1.807) is 0 Å². The standard InChI is InChI=1S/C44H26O/c1-2-7-27(8-3-1)34-20-15-29-18-23-38-35(21-16-30-17-22-37(34)43(29)44(30)38)33-12-4-11-31(25-33)32-19-24-40-39(26-32)36-13-5-9-28-10-6-14-41(45-40)42(28)36/h1-26H/i1D,2D,3D,4D,5D,6D,7D,8D,9D,10D,11D,12D,13D,14D,15D,16D,17D,18D,20D,21D,22D,23D,25D. The van der Waals surface area contributed by atoms with Crippen LogP contribution in [-0.2, 0) is 0 Å². The summed E-state index contributed by atoms with van der Waals surface area (Å²) >= 11 is 0. The van der Waals surface area contributed by atoms with Crippen molar-refractivity contribution in [2.75, 3.05) is 0 Å². The molecule has 1 heterocycles. The first-order chi connectivity index (χ1) is 31.9. The van der Waals surface area contributed by atoms with Gasteiger partial charge in [0.15, 0.2) is 0 Å². The highest BCUT2D eigenvalue weighted by Crippen LogP contribution is 2.48. The van der Waals surface area contributed by atoms with E-state index in [-0.39, 0.29) is 55.3 Å². The number of rotatable bonds is 3. The van der Waals surface area contributed by atoms with E-state index in [2.05, 4.69) is 0 Å². The summed E-state index contributed by atoms with van der Waals surface area (Å²) in [6.45, 7) is 0. The van der Waals surface area contributed by atoms with Gasteiger partial charge >= 0.3 is 0 Å². The molecule has 1 heteroatoms. The minimum Gasteiger partial charge on any atom is -0.456 e. The van der Waals surface area contributed by atoms with Crippen molar-refractivity contribution >= 4 is 43.1 Å². The normalized spacial score (nSPS) is 19.3.